The lowest BCUT2D eigenvalue weighted by atomic mass is 10.0. The second-order valence-corrected chi connectivity index (χ2v) is 10.6. The molecule has 0 spiro atoms. The zero-order valence-corrected chi connectivity index (χ0v) is 22.9. The molecule has 0 radical (unpaired) electrons. The van der Waals surface area contributed by atoms with Crippen molar-refractivity contribution in [1.29, 1.82) is 0 Å². The minimum Gasteiger partial charge on any atom is -0.456 e. The molecule has 0 aliphatic rings. The molecule has 0 aliphatic heterocycles. The summed E-state index contributed by atoms with van der Waals surface area (Å²) in [7, 11) is 0. The van der Waals surface area contributed by atoms with Gasteiger partial charge in [-0.2, -0.15) is 0 Å². The van der Waals surface area contributed by atoms with Crippen LogP contribution in [0.15, 0.2) is 168 Å². The van der Waals surface area contributed by atoms with Crippen LogP contribution in [0.3, 0.4) is 0 Å². The van der Waals surface area contributed by atoms with E-state index in [2.05, 4.69) is 157 Å². The summed E-state index contributed by atoms with van der Waals surface area (Å²) in [5, 5.41) is 4.74. The van der Waals surface area contributed by atoms with Gasteiger partial charge in [0, 0.05) is 27.8 Å². The third kappa shape index (κ3) is 4.31. The van der Waals surface area contributed by atoms with E-state index in [1.54, 1.807) is 0 Å². The standard InChI is InChI=1S/C40H27NO/c1-2-8-28(9-3-1)30-14-20-34(21-15-30)41(36-24-18-29-10-4-5-11-32(29)26-36)35-22-16-31(17-23-35)33-19-25-40-38(27-33)37-12-6-7-13-39(37)42-40/h1-27H. The molecule has 0 unspecified atom stereocenters. The van der Waals surface area contributed by atoms with Crippen molar-refractivity contribution in [2.45, 2.75) is 0 Å². The van der Waals surface area contributed by atoms with E-state index in [0.29, 0.717) is 0 Å². The Morgan fingerprint density at radius 3 is 1.64 bits per heavy atom. The van der Waals surface area contributed by atoms with Crippen molar-refractivity contribution in [2.24, 2.45) is 0 Å². The van der Waals surface area contributed by atoms with Crippen molar-refractivity contribution < 1.29 is 4.42 Å². The Morgan fingerprint density at radius 2 is 0.881 bits per heavy atom. The van der Waals surface area contributed by atoms with Gasteiger partial charge in [-0.05, 0) is 87.6 Å². The Balaban J connectivity index is 1.20. The second kappa shape index (κ2) is 10.1. The van der Waals surface area contributed by atoms with E-state index in [1.807, 2.05) is 12.1 Å². The van der Waals surface area contributed by atoms with Gasteiger partial charge >= 0.3 is 0 Å². The first-order valence-electron chi connectivity index (χ1n) is 14.3. The summed E-state index contributed by atoms with van der Waals surface area (Å²) in [6.45, 7) is 0. The predicted octanol–water partition coefficient (Wildman–Crippen LogP) is 11.5. The average Bonchev–Trinajstić information content (AvgIpc) is 3.44. The third-order valence-electron chi connectivity index (χ3n) is 8.06. The summed E-state index contributed by atoms with van der Waals surface area (Å²) in [5.41, 5.74) is 9.94. The summed E-state index contributed by atoms with van der Waals surface area (Å²) in [5.74, 6) is 0. The lowest BCUT2D eigenvalue weighted by Crippen LogP contribution is -2.09. The van der Waals surface area contributed by atoms with Crippen molar-refractivity contribution in [2.75, 3.05) is 4.90 Å². The van der Waals surface area contributed by atoms with Crippen LogP contribution in [0.2, 0.25) is 0 Å². The Hall–Kier alpha value is -5.60. The molecule has 8 rings (SSSR count). The number of hydrogen-bond donors (Lipinski definition) is 0. The number of nitrogens with zero attached hydrogens (tertiary/aromatic N) is 1. The Labute approximate surface area is 244 Å². The van der Waals surface area contributed by atoms with Crippen molar-refractivity contribution in [3.05, 3.63) is 164 Å². The summed E-state index contributed by atoms with van der Waals surface area (Å²) >= 11 is 0. The largest absolute Gasteiger partial charge is 0.456 e. The molecule has 2 heteroatoms. The highest BCUT2D eigenvalue weighted by Gasteiger charge is 2.14. The van der Waals surface area contributed by atoms with Gasteiger partial charge in [0.05, 0.1) is 0 Å². The van der Waals surface area contributed by atoms with E-state index < -0.39 is 0 Å². The van der Waals surface area contributed by atoms with Crippen LogP contribution in [-0.2, 0) is 0 Å². The number of fused-ring (bicyclic) bond motifs is 4. The molecule has 0 bridgehead atoms. The van der Waals surface area contributed by atoms with Gasteiger partial charge in [-0.25, -0.2) is 0 Å². The number of furan rings is 1. The molecule has 0 N–H and O–H groups in total. The first-order chi connectivity index (χ1) is 20.8. The molecule has 2 nitrogen and oxygen atoms in total. The molecule has 0 fully saturated rings. The predicted molar refractivity (Wildman–Crippen MR) is 177 cm³/mol. The van der Waals surface area contributed by atoms with Crippen LogP contribution < -0.4 is 4.90 Å². The summed E-state index contributed by atoms with van der Waals surface area (Å²) in [6, 6.07) is 58.1. The summed E-state index contributed by atoms with van der Waals surface area (Å²) in [4.78, 5) is 2.33. The lowest BCUT2D eigenvalue weighted by Gasteiger charge is -2.26. The highest BCUT2D eigenvalue weighted by molar-refractivity contribution is 6.06. The van der Waals surface area contributed by atoms with Crippen LogP contribution in [-0.4, -0.2) is 0 Å². The maximum atomic E-state index is 6.05. The number of para-hydroxylation sites is 1. The Bertz CT molecular complexity index is 2180. The van der Waals surface area contributed by atoms with Crippen LogP contribution in [0.5, 0.6) is 0 Å². The van der Waals surface area contributed by atoms with Crippen LogP contribution in [0, 0.1) is 0 Å². The van der Waals surface area contributed by atoms with Gasteiger partial charge in [-0.1, -0.05) is 109 Å². The van der Waals surface area contributed by atoms with Gasteiger partial charge in [0.2, 0.25) is 0 Å². The zero-order chi connectivity index (χ0) is 27.9. The van der Waals surface area contributed by atoms with E-state index in [0.717, 1.165) is 39.0 Å². The van der Waals surface area contributed by atoms with Crippen molar-refractivity contribution >= 4 is 49.8 Å². The van der Waals surface area contributed by atoms with Crippen LogP contribution in [0.1, 0.15) is 0 Å². The van der Waals surface area contributed by atoms with E-state index in [4.69, 9.17) is 4.42 Å². The van der Waals surface area contributed by atoms with Gasteiger partial charge in [-0.15, -0.1) is 0 Å². The molecule has 42 heavy (non-hydrogen) atoms. The summed E-state index contributed by atoms with van der Waals surface area (Å²) in [6.07, 6.45) is 0. The first kappa shape index (κ1) is 24.2. The first-order valence-corrected chi connectivity index (χ1v) is 14.3. The monoisotopic (exact) mass is 537 g/mol. The molecule has 7 aromatic carbocycles. The molecular weight excluding hydrogens is 510 g/mol. The SMILES string of the molecule is c1ccc(-c2ccc(N(c3ccc(-c4ccc5oc6ccccc6c5c4)cc3)c3ccc4ccccc4c3)cc2)cc1. The Morgan fingerprint density at radius 1 is 0.333 bits per heavy atom. The molecule has 0 aliphatic carbocycles. The van der Waals surface area contributed by atoms with Gasteiger partial charge in [0.1, 0.15) is 11.2 Å². The molecule has 0 amide bonds. The van der Waals surface area contributed by atoms with E-state index in [1.165, 1.54) is 33.0 Å². The number of hydrogen-bond acceptors (Lipinski definition) is 2. The zero-order valence-electron chi connectivity index (χ0n) is 22.9. The summed E-state index contributed by atoms with van der Waals surface area (Å²) < 4.78 is 6.05. The normalized spacial score (nSPS) is 11.3. The van der Waals surface area contributed by atoms with Crippen molar-refractivity contribution in [1.82, 2.24) is 0 Å². The molecule has 1 heterocycles. The molecular formula is C40H27NO. The maximum Gasteiger partial charge on any atom is 0.135 e. The fourth-order valence-electron chi connectivity index (χ4n) is 5.91. The maximum absolute atomic E-state index is 6.05. The molecule has 8 aromatic rings. The molecule has 0 saturated heterocycles. The average molecular weight is 538 g/mol. The van der Waals surface area contributed by atoms with Gasteiger partial charge in [0.15, 0.2) is 0 Å². The second-order valence-electron chi connectivity index (χ2n) is 10.6. The number of benzene rings is 7. The number of anilines is 3. The number of rotatable bonds is 5. The molecule has 0 atom stereocenters. The smallest absolute Gasteiger partial charge is 0.135 e. The molecule has 198 valence electrons. The van der Waals surface area contributed by atoms with E-state index >= 15 is 0 Å². The highest BCUT2D eigenvalue weighted by atomic mass is 16.3. The van der Waals surface area contributed by atoms with Crippen LogP contribution in [0.4, 0.5) is 17.1 Å². The topological polar surface area (TPSA) is 16.4 Å². The molecule has 1 aromatic heterocycles. The Kier molecular flexibility index (Phi) is 5.82. The van der Waals surface area contributed by atoms with Gasteiger partial charge in [0.25, 0.3) is 0 Å². The van der Waals surface area contributed by atoms with Gasteiger partial charge in [-0.3, -0.25) is 0 Å². The quantitative estimate of drug-likeness (QED) is 0.217. The van der Waals surface area contributed by atoms with Crippen molar-refractivity contribution in [3.63, 3.8) is 0 Å². The lowest BCUT2D eigenvalue weighted by molar-refractivity contribution is 0.669. The third-order valence-corrected chi connectivity index (χ3v) is 8.06. The minimum absolute atomic E-state index is 0.915. The van der Waals surface area contributed by atoms with Gasteiger partial charge < -0.3 is 9.32 Å². The fraction of sp³-hybridized carbons (Fsp3) is 0. The van der Waals surface area contributed by atoms with Crippen molar-refractivity contribution in [3.8, 4) is 22.3 Å². The van der Waals surface area contributed by atoms with E-state index in [-0.39, 0.29) is 0 Å². The molecule has 0 saturated carbocycles. The highest BCUT2D eigenvalue weighted by Crippen LogP contribution is 2.38. The fourth-order valence-corrected chi connectivity index (χ4v) is 5.91. The minimum atomic E-state index is 0.915. The van der Waals surface area contributed by atoms with Crippen LogP contribution >= 0.6 is 0 Å². The van der Waals surface area contributed by atoms with E-state index in [9.17, 15) is 0 Å². The van der Waals surface area contributed by atoms with Crippen LogP contribution in [0.25, 0.3) is 55.0 Å².